The zero-order valence-corrected chi connectivity index (χ0v) is 6.42. The van der Waals surface area contributed by atoms with Crippen LogP contribution in [0.2, 0.25) is 0 Å². The molecule has 5 heteroatoms. The van der Waals surface area contributed by atoms with E-state index in [4.69, 9.17) is 0 Å². The van der Waals surface area contributed by atoms with Gasteiger partial charge in [0.1, 0.15) is 0 Å². The Labute approximate surface area is 71.2 Å². The Morgan fingerprint density at radius 1 is 1.30 bits per heavy atom. The molecule has 0 atom stereocenters. The summed E-state index contributed by atoms with van der Waals surface area (Å²) in [5, 5.41) is 19.4. The van der Waals surface area contributed by atoms with Gasteiger partial charge >= 0.3 is 20.4 Å². The van der Waals surface area contributed by atoms with Crippen molar-refractivity contribution in [2.75, 3.05) is 0 Å². The van der Waals surface area contributed by atoms with E-state index in [1.807, 2.05) is 0 Å². The van der Waals surface area contributed by atoms with Crippen molar-refractivity contribution in [2.24, 2.45) is 0 Å². The van der Waals surface area contributed by atoms with Gasteiger partial charge in [-0.3, -0.25) is 0 Å². The van der Waals surface area contributed by atoms with Crippen LogP contribution in [0.3, 0.4) is 0 Å². The molecule has 0 fully saturated rings. The van der Waals surface area contributed by atoms with E-state index in [1.54, 1.807) is 0 Å². The van der Waals surface area contributed by atoms with Crippen LogP contribution in [0, 0.1) is 0 Å². The molecule has 0 aliphatic carbocycles. The van der Waals surface area contributed by atoms with Crippen LogP contribution in [-0.4, -0.2) is 11.9 Å². The van der Waals surface area contributed by atoms with Gasteiger partial charge in [-0.15, -0.1) is 0 Å². The molecule has 0 saturated heterocycles. The van der Waals surface area contributed by atoms with Crippen LogP contribution in [0.15, 0.2) is 12.2 Å². The number of hydrogen-bond donors (Lipinski definition) is 0. The van der Waals surface area contributed by atoms with Crippen molar-refractivity contribution >= 4 is 11.9 Å². The Kier molecular flexibility index (Phi) is 6.21. The summed E-state index contributed by atoms with van der Waals surface area (Å²) in [6.45, 7) is 2.91. The maximum Gasteiger partial charge on any atom is 2.00 e. The largest absolute Gasteiger partial charge is 2.00 e. The van der Waals surface area contributed by atoms with Crippen molar-refractivity contribution in [3.63, 3.8) is 0 Å². The predicted octanol–water partition coefficient (Wildman–Crippen LogP) is -2.57. The van der Waals surface area contributed by atoms with Crippen LogP contribution in [-0.2, 0) is 30.0 Å². The number of carboxylic acid groups (broad SMARTS) is 2. The summed E-state index contributed by atoms with van der Waals surface area (Å²) in [6.07, 6.45) is -0.678. The minimum atomic E-state index is -1.56. The minimum Gasteiger partial charge on any atom is -0.550 e. The van der Waals surface area contributed by atoms with Crippen molar-refractivity contribution < 1.29 is 40.2 Å². The Balaban J connectivity index is 0. The van der Waals surface area contributed by atoms with E-state index >= 15 is 0 Å². The normalized spacial score (nSPS) is 7.60. The Morgan fingerprint density at radius 3 is 1.80 bits per heavy atom. The van der Waals surface area contributed by atoms with Gasteiger partial charge in [0.15, 0.2) is 0 Å². The molecule has 0 aromatic heterocycles. The van der Waals surface area contributed by atoms with Gasteiger partial charge in [0.25, 0.3) is 0 Å². The summed E-state index contributed by atoms with van der Waals surface area (Å²) in [5.74, 6) is -3.02. The molecule has 0 aliphatic heterocycles. The molecule has 0 bridgehead atoms. The van der Waals surface area contributed by atoms with E-state index < -0.39 is 23.9 Å². The van der Waals surface area contributed by atoms with Crippen molar-refractivity contribution in [2.45, 2.75) is 6.42 Å². The third kappa shape index (κ3) is 5.48. The number of hydrogen-bond acceptors (Lipinski definition) is 4. The maximum absolute atomic E-state index is 9.73. The van der Waals surface area contributed by atoms with Crippen molar-refractivity contribution in [3.8, 4) is 0 Å². The first-order chi connectivity index (χ1) is 4.04. The Bertz CT molecular complexity index is 163. The van der Waals surface area contributed by atoms with E-state index in [9.17, 15) is 19.8 Å². The monoisotopic (exact) mass is 234 g/mol. The Morgan fingerprint density at radius 2 is 1.70 bits per heavy atom. The molecule has 0 aromatic rings. The molecule has 0 heterocycles. The fourth-order valence-electron chi connectivity index (χ4n) is 0.246. The maximum atomic E-state index is 9.73. The third-order valence-electron chi connectivity index (χ3n) is 0.646. The average molecular weight is 235 g/mol. The van der Waals surface area contributed by atoms with E-state index in [-0.39, 0.29) is 20.4 Å². The molecule has 58 valence electrons. The van der Waals surface area contributed by atoms with Crippen LogP contribution < -0.4 is 10.2 Å². The predicted molar refractivity (Wildman–Crippen MR) is 23.8 cm³/mol. The standard InChI is InChI=1S/C5H6O4.Pd/c1-3(5(8)9)2-4(6)7;/h1-2H2,(H,6,7)(H,8,9);/q;+2/p-2. The second-order valence-corrected chi connectivity index (χ2v) is 1.44. The van der Waals surface area contributed by atoms with E-state index in [0.29, 0.717) is 0 Å². The van der Waals surface area contributed by atoms with Gasteiger partial charge < -0.3 is 19.8 Å². The average Bonchev–Trinajstić information content (AvgIpc) is 1.63. The molecule has 0 saturated carbocycles. The summed E-state index contributed by atoms with van der Waals surface area (Å²) < 4.78 is 0. The molecule has 0 amide bonds. The number of carboxylic acids is 2. The van der Waals surface area contributed by atoms with E-state index in [0.717, 1.165) is 0 Å². The first-order valence-electron chi connectivity index (χ1n) is 2.13. The molecule has 0 spiro atoms. The van der Waals surface area contributed by atoms with Gasteiger partial charge in [0.05, 0.1) is 5.97 Å². The number of rotatable bonds is 3. The first kappa shape index (κ1) is 12.1. The minimum absolute atomic E-state index is 0. The van der Waals surface area contributed by atoms with Gasteiger partial charge in [-0.1, -0.05) is 6.58 Å². The molecule has 4 nitrogen and oxygen atoms in total. The molecule has 0 N–H and O–H groups in total. The molecule has 0 rings (SSSR count). The first-order valence-corrected chi connectivity index (χ1v) is 2.13. The fourth-order valence-corrected chi connectivity index (χ4v) is 0.246. The summed E-state index contributed by atoms with van der Waals surface area (Å²) in [6, 6.07) is 0. The fraction of sp³-hybridized carbons (Fsp3) is 0.200. The van der Waals surface area contributed by atoms with Gasteiger partial charge in [0, 0.05) is 12.4 Å². The Hall–Kier alpha value is -0.658. The molecule has 0 aliphatic rings. The van der Waals surface area contributed by atoms with E-state index in [1.165, 1.54) is 0 Å². The van der Waals surface area contributed by atoms with Crippen LogP contribution in [0.4, 0.5) is 0 Å². The van der Waals surface area contributed by atoms with Crippen molar-refractivity contribution in [1.29, 1.82) is 0 Å². The number of carbonyl (C=O) groups is 2. The SMILES string of the molecule is C=C(CC(=O)[O-])C(=O)[O-].[Pd+2]. The number of aliphatic carboxylic acids is 2. The summed E-state index contributed by atoms with van der Waals surface area (Å²) >= 11 is 0. The van der Waals surface area contributed by atoms with Gasteiger partial charge in [-0.05, 0) is 5.57 Å². The zero-order chi connectivity index (χ0) is 7.44. The van der Waals surface area contributed by atoms with Crippen molar-refractivity contribution in [1.82, 2.24) is 0 Å². The van der Waals surface area contributed by atoms with E-state index in [2.05, 4.69) is 6.58 Å². The summed E-state index contributed by atoms with van der Waals surface area (Å²) in [4.78, 5) is 19.4. The molecule has 0 aromatic carbocycles. The zero-order valence-electron chi connectivity index (χ0n) is 4.86. The smallest absolute Gasteiger partial charge is 0.550 e. The number of carbonyl (C=O) groups excluding carboxylic acids is 2. The van der Waals surface area contributed by atoms with Crippen LogP contribution in [0.5, 0.6) is 0 Å². The van der Waals surface area contributed by atoms with Crippen LogP contribution in [0.1, 0.15) is 6.42 Å². The molecular formula is C5H4O4Pd. The van der Waals surface area contributed by atoms with Crippen molar-refractivity contribution in [3.05, 3.63) is 12.2 Å². The third-order valence-corrected chi connectivity index (χ3v) is 0.646. The molecule has 10 heavy (non-hydrogen) atoms. The molecule has 0 unspecified atom stereocenters. The topological polar surface area (TPSA) is 80.3 Å². The van der Waals surface area contributed by atoms with Crippen LogP contribution in [0.25, 0.3) is 0 Å². The van der Waals surface area contributed by atoms with Gasteiger partial charge in [-0.2, -0.15) is 0 Å². The molecular weight excluding hydrogens is 230 g/mol. The summed E-state index contributed by atoms with van der Waals surface area (Å²) in [5.41, 5.74) is -0.477. The quantitative estimate of drug-likeness (QED) is 0.397. The molecule has 0 radical (unpaired) electrons. The second-order valence-electron chi connectivity index (χ2n) is 1.44. The second kappa shape index (κ2) is 5.15. The van der Waals surface area contributed by atoms with Gasteiger partial charge in [-0.25, -0.2) is 0 Å². The van der Waals surface area contributed by atoms with Crippen LogP contribution >= 0.6 is 0 Å². The summed E-state index contributed by atoms with van der Waals surface area (Å²) in [7, 11) is 0. The van der Waals surface area contributed by atoms with Gasteiger partial charge in [0.2, 0.25) is 0 Å².